The monoisotopic (exact) mass is 214 g/mol. The van der Waals surface area contributed by atoms with E-state index < -0.39 is 0 Å². The summed E-state index contributed by atoms with van der Waals surface area (Å²) in [7, 11) is 0. The summed E-state index contributed by atoms with van der Waals surface area (Å²) >= 11 is 5.85. The van der Waals surface area contributed by atoms with Crippen molar-refractivity contribution in [3.05, 3.63) is 34.6 Å². The van der Waals surface area contributed by atoms with Crippen molar-refractivity contribution in [2.75, 3.05) is 0 Å². The van der Waals surface area contributed by atoms with Crippen LogP contribution < -0.4 is 0 Å². The van der Waals surface area contributed by atoms with Crippen molar-refractivity contribution in [2.45, 2.75) is 25.4 Å². The van der Waals surface area contributed by atoms with Gasteiger partial charge in [-0.15, -0.1) is 0 Å². The Kier molecular flexibility index (Phi) is 2.75. The summed E-state index contributed by atoms with van der Waals surface area (Å²) in [4.78, 5) is 0. The van der Waals surface area contributed by atoms with E-state index in [1.165, 1.54) is 12.1 Å². The average molecular weight is 215 g/mol. The average Bonchev–Trinajstić information content (AvgIpc) is 2.92. The topological polar surface area (TPSA) is 20.2 Å². The Labute approximate surface area is 87.5 Å². The molecule has 1 aromatic rings. The van der Waals surface area contributed by atoms with Crippen molar-refractivity contribution < 1.29 is 9.50 Å². The molecule has 1 atom stereocenters. The first-order valence-corrected chi connectivity index (χ1v) is 5.16. The predicted molar refractivity (Wildman–Crippen MR) is 53.8 cm³/mol. The standard InChI is InChI=1S/C11H12ClFO/c12-10-6-9(13)4-3-8(10)5-11(14)7-1-2-7/h3-4,6-7,11,14H,1-2,5H2. The molecule has 3 heteroatoms. The molecule has 1 nitrogen and oxygen atoms in total. The Balaban J connectivity index is 2.07. The molecule has 76 valence electrons. The van der Waals surface area contributed by atoms with Crippen molar-refractivity contribution in [3.63, 3.8) is 0 Å². The highest BCUT2D eigenvalue weighted by Gasteiger charge is 2.29. The van der Waals surface area contributed by atoms with Gasteiger partial charge in [-0.3, -0.25) is 0 Å². The Morgan fingerprint density at radius 2 is 2.21 bits per heavy atom. The lowest BCUT2D eigenvalue weighted by atomic mass is 10.0. The van der Waals surface area contributed by atoms with Gasteiger partial charge in [0, 0.05) is 11.4 Å². The van der Waals surface area contributed by atoms with E-state index in [1.54, 1.807) is 6.07 Å². The van der Waals surface area contributed by atoms with E-state index in [1.807, 2.05) is 0 Å². The van der Waals surface area contributed by atoms with Gasteiger partial charge in [-0.05, 0) is 36.5 Å². The molecule has 1 aromatic carbocycles. The number of benzene rings is 1. The molecule has 0 bridgehead atoms. The maximum Gasteiger partial charge on any atom is 0.124 e. The molecular formula is C11H12ClFO. The highest BCUT2D eigenvalue weighted by molar-refractivity contribution is 6.31. The highest BCUT2D eigenvalue weighted by Crippen LogP contribution is 2.34. The number of halogens is 2. The highest BCUT2D eigenvalue weighted by atomic mass is 35.5. The minimum atomic E-state index is -0.334. The van der Waals surface area contributed by atoms with E-state index in [2.05, 4.69) is 0 Å². The van der Waals surface area contributed by atoms with Gasteiger partial charge < -0.3 is 5.11 Å². The van der Waals surface area contributed by atoms with Crippen molar-refractivity contribution >= 4 is 11.6 Å². The number of hydrogen-bond acceptors (Lipinski definition) is 1. The molecule has 1 N–H and O–H groups in total. The third-order valence-corrected chi connectivity index (χ3v) is 2.96. The normalized spacial score (nSPS) is 18.2. The van der Waals surface area contributed by atoms with Crippen molar-refractivity contribution in [1.82, 2.24) is 0 Å². The molecule has 1 fully saturated rings. The lowest BCUT2D eigenvalue weighted by Gasteiger charge is -2.10. The first-order chi connectivity index (χ1) is 6.66. The maximum atomic E-state index is 12.7. The lowest BCUT2D eigenvalue weighted by molar-refractivity contribution is 0.151. The van der Waals surface area contributed by atoms with Gasteiger partial charge in [-0.2, -0.15) is 0 Å². The van der Waals surface area contributed by atoms with Crippen molar-refractivity contribution in [2.24, 2.45) is 5.92 Å². The van der Waals surface area contributed by atoms with E-state index >= 15 is 0 Å². The molecule has 0 heterocycles. The zero-order chi connectivity index (χ0) is 10.1. The second kappa shape index (κ2) is 3.87. The van der Waals surface area contributed by atoms with E-state index in [0.717, 1.165) is 18.4 Å². The van der Waals surface area contributed by atoms with Crippen LogP contribution in [0.1, 0.15) is 18.4 Å². The summed E-state index contributed by atoms with van der Waals surface area (Å²) in [5.41, 5.74) is 0.826. The van der Waals surface area contributed by atoms with Crippen molar-refractivity contribution in [1.29, 1.82) is 0 Å². The van der Waals surface area contributed by atoms with E-state index in [-0.39, 0.29) is 11.9 Å². The molecule has 0 aliphatic heterocycles. The first kappa shape index (κ1) is 9.94. The molecule has 14 heavy (non-hydrogen) atoms. The van der Waals surface area contributed by atoms with E-state index in [4.69, 9.17) is 11.6 Å². The summed E-state index contributed by atoms with van der Waals surface area (Å²) in [6.45, 7) is 0. The van der Waals surface area contributed by atoms with Crippen molar-refractivity contribution in [3.8, 4) is 0 Å². The molecular weight excluding hydrogens is 203 g/mol. The number of rotatable bonds is 3. The van der Waals surface area contributed by atoms with Crippen LogP contribution in [0.4, 0.5) is 4.39 Å². The van der Waals surface area contributed by atoms with Crippen LogP contribution in [0, 0.1) is 11.7 Å². The Hall–Kier alpha value is -0.600. The SMILES string of the molecule is OC(Cc1ccc(F)cc1Cl)C1CC1. The van der Waals surface area contributed by atoms with Crippen LogP contribution in [0.5, 0.6) is 0 Å². The molecule has 1 aliphatic rings. The molecule has 0 radical (unpaired) electrons. The van der Waals surface area contributed by atoms with Crippen LogP contribution in [0.3, 0.4) is 0 Å². The first-order valence-electron chi connectivity index (χ1n) is 4.79. The molecule has 0 saturated heterocycles. The predicted octanol–water partition coefficient (Wildman–Crippen LogP) is 2.79. The summed E-state index contributed by atoms with van der Waals surface area (Å²) in [6.07, 6.45) is 2.40. The smallest absolute Gasteiger partial charge is 0.124 e. The zero-order valence-electron chi connectivity index (χ0n) is 7.71. The van der Waals surface area contributed by atoms with Gasteiger partial charge in [0.15, 0.2) is 0 Å². The van der Waals surface area contributed by atoms with Gasteiger partial charge >= 0.3 is 0 Å². The third-order valence-electron chi connectivity index (χ3n) is 2.61. The quantitative estimate of drug-likeness (QED) is 0.821. The molecule has 1 unspecified atom stereocenters. The Morgan fingerprint density at radius 3 is 2.79 bits per heavy atom. The van der Waals surface area contributed by atoms with Crippen LogP contribution >= 0.6 is 11.6 Å². The van der Waals surface area contributed by atoms with Crippen LogP contribution in [0.2, 0.25) is 5.02 Å². The zero-order valence-corrected chi connectivity index (χ0v) is 8.47. The number of aliphatic hydroxyl groups is 1. The largest absolute Gasteiger partial charge is 0.392 e. The molecule has 0 aromatic heterocycles. The van der Waals surface area contributed by atoms with Gasteiger partial charge in [0.1, 0.15) is 5.82 Å². The fourth-order valence-corrected chi connectivity index (χ4v) is 1.80. The Bertz CT molecular complexity index is 336. The fourth-order valence-electron chi connectivity index (χ4n) is 1.56. The second-order valence-corrected chi connectivity index (χ2v) is 4.25. The molecule has 1 saturated carbocycles. The minimum absolute atomic E-state index is 0.321. The van der Waals surface area contributed by atoms with Crippen LogP contribution in [-0.4, -0.2) is 11.2 Å². The van der Waals surface area contributed by atoms with Crippen LogP contribution in [-0.2, 0) is 6.42 Å². The summed E-state index contributed by atoms with van der Waals surface area (Å²) in [5, 5.41) is 10.1. The summed E-state index contributed by atoms with van der Waals surface area (Å²) in [5.74, 6) is 0.0933. The minimum Gasteiger partial charge on any atom is -0.392 e. The summed E-state index contributed by atoms with van der Waals surface area (Å²) < 4.78 is 12.7. The number of aliphatic hydroxyl groups excluding tert-OH is 1. The summed E-state index contributed by atoms with van der Waals surface area (Å²) in [6, 6.07) is 4.31. The van der Waals surface area contributed by atoms with Gasteiger partial charge in [-0.25, -0.2) is 4.39 Å². The molecule has 0 amide bonds. The number of hydrogen-bond donors (Lipinski definition) is 1. The Morgan fingerprint density at radius 1 is 1.50 bits per heavy atom. The van der Waals surface area contributed by atoms with Crippen LogP contribution in [0.15, 0.2) is 18.2 Å². The third kappa shape index (κ3) is 2.25. The van der Waals surface area contributed by atoms with E-state index in [0.29, 0.717) is 17.4 Å². The van der Waals surface area contributed by atoms with Crippen LogP contribution in [0.25, 0.3) is 0 Å². The van der Waals surface area contributed by atoms with Gasteiger partial charge in [0.2, 0.25) is 0 Å². The maximum absolute atomic E-state index is 12.7. The molecule has 1 aliphatic carbocycles. The van der Waals surface area contributed by atoms with Gasteiger partial charge in [-0.1, -0.05) is 17.7 Å². The second-order valence-electron chi connectivity index (χ2n) is 3.84. The fraction of sp³-hybridized carbons (Fsp3) is 0.455. The molecule has 0 spiro atoms. The molecule has 2 rings (SSSR count). The van der Waals surface area contributed by atoms with Gasteiger partial charge in [0.25, 0.3) is 0 Å². The van der Waals surface area contributed by atoms with E-state index in [9.17, 15) is 9.50 Å². The lowest BCUT2D eigenvalue weighted by Crippen LogP contribution is -2.12. The van der Waals surface area contributed by atoms with Gasteiger partial charge in [0.05, 0.1) is 6.10 Å².